The third kappa shape index (κ3) is 2.14. The predicted molar refractivity (Wildman–Crippen MR) is 73.8 cm³/mol. The Morgan fingerprint density at radius 3 is 2.56 bits per heavy atom. The quantitative estimate of drug-likeness (QED) is 0.876. The van der Waals surface area contributed by atoms with Gasteiger partial charge in [-0.3, -0.25) is 0 Å². The summed E-state index contributed by atoms with van der Waals surface area (Å²) >= 11 is 0. The molecule has 0 bridgehead atoms. The Bertz CT molecular complexity index is 411. The SMILES string of the molecule is CCCOc1ccccc1C1(O)CCCC1(C)C. The van der Waals surface area contributed by atoms with E-state index in [1.165, 1.54) is 0 Å². The van der Waals surface area contributed by atoms with Crippen LogP contribution in [0.4, 0.5) is 0 Å². The van der Waals surface area contributed by atoms with Crippen LogP contribution in [0.1, 0.15) is 52.0 Å². The summed E-state index contributed by atoms with van der Waals surface area (Å²) < 4.78 is 5.80. The van der Waals surface area contributed by atoms with Crippen LogP contribution >= 0.6 is 0 Å². The fourth-order valence-corrected chi connectivity index (χ4v) is 2.98. The molecule has 1 fully saturated rings. The molecule has 1 unspecified atom stereocenters. The zero-order valence-electron chi connectivity index (χ0n) is 11.7. The largest absolute Gasteiger partial charge is 0.493 e. The lowest BCUT2D eigenvalue weighted by molar-refractivity contribution is -0.0504. The standard InChI is InChI=1S/C16H24O2/c1-4-12-18-14-9-6-5-8-13(14)16(17)11-7-10-15(16,2)3/h5-6,8-9,17H,4,7,10-12H2,1-3H3. The Hall–Kier alpha value is -1.02. The highest BCUT2D eigenvalue weighted by Crippen LogP contribution is 2.54. The minimum atomic E-state index is -0.753. The van der Waals surface area contributed by atoms with Crippen LogP contribution in [0.15, 0.2) is 24.3 Å². The van der Waals surface area contributed by atoms with Gasteiger partial charge in [0.25, 0.3) is 0 Å². The molecule has 1 N–H and O–H groups in total. The maximum Gasteiger partial charge on any atom is 0.125 e. The Labute approximate surface area is 110 Å². The molecule has 0 aromatic heterocycles. The molecule has 0 heterocycles. The number of hydrogen-bond acceptors (Lipinski definition) is 2. The van der Waals surface area contributed by atoms with Crippen molar-refractivity contribution in [3.05, 3.63) is 29.8 Å². The van der Waals surface area contributed by atoms with Crippen LogP contribution < -0.4 is 4.74 Å². The highest BCUT2D eigenvalue weighted by atomic mass is 16.5. The van der Waals surface area contributed by atoms with Gasteiger partial charge in [-0.2, -0.15) is 0 Å². The van der Waals surface area contributed by atoms with Crippen LogP contribution in [-0.4, -0.2) is 11.7 Å². The number of benzene rings is 1. The van der Waals surface area contributed by atoms with Crippen molar-refractivity contribution in [3.8, 4) is 5.75 Å². The summed E-state index contributed by atoms with van der Waals surface area (Å²) in [6.45, 7) is 7.09. The second kappa shape index (κ2) is 4.93. The molecule has 2 nitrogen and oxygen atoms in total. The average molecular weight is 248 g/mol. The first-order valence-corrected chi connectivity index (χ1v) is 6.96. The van der Waals surface area contributed by atoms with Crippen molar-refractivity contribution < 1.29 is 9.84 Å². The van der Waals surface area contributed by atoms with Crippen molar-refractivity contribution >= 4 is 0 Å². The summed E-state index contributed by atoms with van der Waals surface area (Å²) in [5.74, 6) is 0.844. The van der Waals surface area contributed by atoms with Crippen LogP contribution in [0.3, 0.4) is 0 Å². The first kappa shape index (κ1) is 13.4. The molecule has 100 valence electrons. The van der Waals surface area contributed by atoms with E-state index in [9.17, 15) is 5.11 Å². The molecule has 1 aliphatic rings. The summed E-state index contributed by atoms with van der Waals surface area (Å²) in [5, 5.41) is 11.1. The lowest BCUT2D eigenvalue weighted by Crippen LogP contribution is -2.37. The number of para-hydroxylation sites is 1. The topological polar surface area (TPSA) is 29.5 Å². The van der Waals surface area contributed by atoms with Crippen LogP contribution in [-0.2, 0) is 5.60 Å². The molecule has 1 aromatic rings. The summed E-state index contributed by atoms with van der Waals surface area (Å²) in [6, 6.07) is 7.94. The molecule has 0 aliphatic heterocycles. The van der Waals surface area contributed by atoms with Crippen LogP contribution in [0.2, 0.25) is 0 Å². The second-order valence-electron chi connectivity index (χ2n) is 5.94. The van der Waals surface area contributed by atoms with Gasteiger partial charge in [-0.25, -0.2) is 0 Å². The molecule has 2 heteroatoms. The molecular formula is C16H24O2. The lowest BCUT2D eigenvalue weighted by Gasteiger charge is -2.38. The zero-order valence-corrected chi connectivity index (χ0v) is 11.7. The minimum Gasteiger partial charge on any atom is -0.493 e. The van der Waals surface area contributed by atoms with Crippen molar-refractivity contribution in [1.82, 2.24) is 0 Å². The van der Waals surface area contributed by atoms with E-state index in [4.69, 9.17) is 4.74 Å². The van der Waals surface area contributed by atoms with Gasteiger partial charge < -0.3 is 9.84 Å². The highest BCUT2D eigenvalue weighted by Gasteiger charge is 2.49. The third-order valence-corrected chi connectivity index (χ3v) is 4.25. The highest BCUT2D eigenvalue weighted by molar-refractivity contribution is 5.40. The van der Waals surface area contributed by atoms with E-state index in [0.717, 1.165) is 37.0 Å². The van der Waals surface area contributed by atoms with E-state index in [1.807, 2.05) is 24.3 Å². The Kier molecular flexibility index (Phi) is 3.67. The summed E-state index contributed by atoms with van der Waals surface area (Å²) in [7, 11) is 0. The van der Waals surface area contributed by atoms with Gasteiger partial charge in [-0.1, -0.05) is 39.0 Å². The molecule has 2 rings (SSSR count). The molecule has 1 saturated carbocycles. The van der Waals surface area contributed by atoms with Crippen molar-refractivity contribution in [2.45, 2.75) is 52.1 Å². The molecule has 0 saturated heterocycles. The Balaban J connectivity index is 2.38. The molecule has 0 radical (unpaired) electrons. The summed E-state index contributed by atoms with van der Waals surface area (Å²) in [4.78, 5) is 0. The number of ether oxygens (including phenoxy) is 1. The first-order chi connectivity index (χ1) is 8.51. The fourth-order valence-electron chi connectivity index (χ4n) is 2.98. The normalized spacial score (nSPS) is 26.2. The van der Waals surface area contributed by atoms with Crippen molar-refractivity contribution in [2.75, 3.05) is 6.61 Å². The van der Waals surface area contributed by atoms with Gasteiger partial charge in [0.1, 0.15) is 5.75 Å². The van der Waals surface area contributed by atoms with Crippen molar-refractivity contribution in [1.29, 1.82) is 0 Å². The average Bonchev–Trinajstić information content (AvgIpc) is 2.62. The molecular weight excluding hydrogens is 224 g/mol. The van der Waals surface area contributed by atoms with E-state index in [0.29, 0.717) is 6.61 Å². The number of hydrogen-bond donors (Lipinski definition) is 1. The van der Waals surface area contributed by atoms with E-state index in [1.54, 1.807) is 0 Å². The van der Waals surface area contributed by atoms with E-state index in [2.05, 4.69) is 20.8 Å². The van der Waals surface area contributed by atoms with Crippen LogP contribution in [0.25, 0.3) is 0 Å². The van der Waals surface area contributed by atoms with Gasteiger partial charge in [-0.05, 0) is 37.2 Å². The van der Waals surface area contributed by atoms with E-state index in [-0.39, 0.29) is 5.41 Å². The number of rotatable bonds is 4. The molecule has 18 heavy (non-hydrogen) atoms. The van der Waals surface area contributed by atoms with Gasteiger partial charge in [0.2, 0.25) is 0 Å². The van der Waals surface area contributed by atoms with Crippen LogP contribution in [0.5, 0.6) is 5.75 Å². The van der Waals surface area contributed by atoms with E-state index >= 15 is 0 Å². The Morgan fingerprint density at radius 1 is 1.22 bits per heavy atom. The maximum absolute atomic E-state index is 11.1. The lowest BCUT2D eigenvalue weighted by atomic mass is 9.73. The zero-order chi connectivity index (χ0) is 13.2. The maximum atomic E-state index is 11.1. The molecule has 0 amide bonds. The molecule has 0 spiro atoms. The monoisotopic (exact) mass is 248 g/mol. The number of aliphatic hydroxyl groups is 1. The van der Waals surface area contributed by atoms with Gasteiger partial charge in [0.05, 0.1) is 12.2 Å². The third-order valence-electron chi connectivity index (χ3n) is 4.25. The van der Waals surface area contributed by atoms with Crippen molar-refractivity contribution in [2.24, 2.45) is 5.41 Å². The molecule has 1 aliphatic carbocycles. The van der Waals surface area contributed by atoms with Gasteiger partial charge in [0, 0.05) is 5.56 Å². The molecule has 1 aromatic carbocycles. The summed E-state index contributed by atoms with van der Waals surface area (Å²) in [5.41, 5.74) is 0.122. The van der Waals surface area contributed by atoms with E-state index < -0.39 is 5.60 Å². The van der Waals surface area contributed by atoms with Crippen molar-refractivity contribution in [3.63, 3.8) is 0 Å². The first-order valence-electron chi connectivity index (χ1n) is 6.96. The predicted octanol–water partition coefficient (Wildman–Crippen LogP) is 3.87. The van der Waals surface area contributed by atoms with Gasteiger partial charge in [-0.15, -0.1) is 0 Å². The van der Waals surface area contributed by atoms with Gasteiger partial charge >= 0.3 is 0 Å². The second-order valence-corrected chi connectivity index (χ2v) is 5.94. The van der Waals surface area contributed by atoms with Gasteiger partial charge in [0.15, 0.2) is 0 Å². The molecule has 1 atom stereocenters. The summed E-state index contributed by atoms with van der Waals surface area (Å²) in [6.07, 6.45) is 3.94. The smallest absolute Gasteiger partial charge is 0.125 e. The van der Waals surface area contributed by atoms with Crippen LogP contribution in [0, 0.1) is 5.41 Å². The fraction of sp³-hybridized carbons (Fsp3) is 0.625. The Morgan fingerprint density at radius 2 is 1.94 bits per heavy atom. The minimum absolute atomic E-state index is 0.0846.